The maximum absolute atomic E-state index is 5.71. The summed E-state index contributed by atoms with van der Waals surface area (Å²) >= 11 is 0. The summed E-state index contributed by atoms with van der Waals surface area (Å²) in [5.74, 6) is 0.849. The molecule has 0 aliphatic heterocycles. The van der Waals surface area contributed by atoms with Crippen LogP contribution in [0, 0.1) is 0 Å². The van der Waals surface area contributed by atoms with E-state index in [1.807, 2.05) is 30.3 Å². The number of nitrogen functional groups attached to an aromatic ring is 1. The third-order valence-electron chi connectivity index (χ3n) is 3.21. The molecular formula is C17H22N2O. The molecule has 0 bridgehead atoms. The number of ether oxygens (including phenoxy) is 1. The van der Waals surface area contributed by atoms with Crippen molar-refractivity contribution in [2.45, 2.75) is 12.8 Å². The largest absolute Gasteiger partial charge is 0.494 e. The highest BCUT2D eigenvalue weighted by Crippen LogP contribution is 2.15. The molecule has 0 saturated carbocycles. The molecule has 0 saturated heterocycles. The van der Waals surface area contributed by atoms with Crippen LogP contribution < -0.4 is 15.4 Å². The van der Waals surface area contributed by atoms with E-state index >= 15 is 0 Å². The summed E-state index contributed by atoms with van der Waals surface area (Å²) in [6, 6.07) is 18.0. The summed E-state index contributed by atoms with van der Waals surface area (Å²) < 4.78 is 5.68. The summed E-state index contributed by atoms with van der Waals surface area (Å²) in [6.45, 7) is 1.76. The summed E-state index contributed by atoms with van der Waals surface area (Å²) in [6.07, 6.45) is 2.14. The molecule has 2 aromatic rings. The van der Waals surface area contributed by atoms with E-state index in [9.17, 15) is 0 Å². The minimum absolute atomic E-state index is 0.728. The zero-order chi connectivity index (χ0) is 14.2. The highest BCUT2D eigenvalue weighted by atomic mass is 16.5. The van der Waals surface area contributed by atoms with E-state index in [1.165, 1.54) is 5.69 Å². The van der Waals surface area contributed by atoms with Crippen molar-refractivity contribution in [3.05, 3.63) is 54.6 Å². The Balaban J connectivity index is 1.64. The van der Waals surface area contributed by atoms with Crippen LogP contribution in [0.3, 0.4) is 0 Å². The van der Waals surface area contributed by atoms with E-state index in [0.717, 1.165) is 37.4 Å². The van der Waals surface area contributed by atoms with Gasteiger partial charge in [0.05, 0.1) is 6.61 Å². The van der Waals surface area contributed by atoms with Crippen LogP contribution in [0.5, 0.6) is 5.75 Å². The van der Waals surface area contributed by atoms with E-state index in [0.29, 0.717) is 0 Å². The molecule has 106 valence electrons. The molecule has 2 aromatic carbocycles. The van der Waals surface area contributed by atoms with Crippen molar-refractivity contribution in [3.8, 4) is 5.75 Å². The van der Waals surface area contributed by atoms with E-state index in [2.05, 4.69) is 36.2 Å². The van der Waals surface area contributed by atoms with Crippen molar-refractivity contribution in [1.29, 1.82) is 0 Å². The summed E-state index contributed by atoms with van der Waals surface area (Å²) in [7, 11) is 2.12. The number of anilines is 2. The average molecular weight is 270 g/mol. The van der Waals surface area contributed by atoms with E-state index in [1.54, 1.807) is 0 Å². The molecule has 0 aliphatic carbocycles. The molecule has 0 aliphatic rings. The molecule has 0 radical (unpaired) electrons. The molecule has 0 atom stereocenters. The van der Waals surface area contributed by atoms with Gasteiger partial charge in [0.15, 0.2) is 0 Å². The summed E-state index contributed by atoms with van der Waals surface area (Å²) in [5, 5.41) is 0. The molecule has 20 heavy (non-hydrogen) atoms. The number of hydrogen-bond acceptors (Lipinski definition) is 3. The van der Waals surface area contributed by atoms with E-state index < -0.39 is 0 Å². The van der Waals surface area contributed by atoms with Crippen molar-refractivity contribution < 1.29 is 4.74 Å². The monoisotopic (exact) mass is 270 g/mol. The lowest BCUT2D eigenvalue weighted by molar-refractivity contribution is 0.307. The Morgan fingerprint density at radius 3 is 2.55 bits per heavy atom. The van der Waals surface area contributed by atoms with Gasteiger partial charge in [-0.25, -0.2) is 0 Å². The predicted molar refractivity (Wildman–Crippen MR) is 85.3 cm³/mol. The van der Waals surface area contributed by atoms with Crippen molar-refractivity contribution in [2.75, 3.05) is 30.8 Å². The van der Waals surface area contributed by atoms with Gasteiger partial charge in [0.1, 0.15) is 5.75 Å². The third kappa shape index (κ3) is 4.50. The Morgan fingerprint density at radius 1 is 1.00 bits per heavy atom. The molecule has 0 aromatic heterocycles. The van der Waals surface area contributed by atoms with Gasteiger partial charge in [0.25, 0.3) is 0 Å². The number of rotatable bonds is 7. The van der Waals surface area contributed by atoms with Gasteiger partial charge in [-0.3, -0.25) is 0 Å². The van der Waals surface area contributed by atoms with Crippen LogP contribution in [0.2, 0.25) is 0 Å². The van der Waals surface area contributed by atoms with Crippen LogP contribution in [-0.2, 0) is 0 Å². The fraction of sp³-hybridized carbons (Fsp3) is 0.294. The highest BCUT2D eigenvalue weighted by Gasteiger charge is 1.99. The maximum Gasteiger partial charge on any atom is 0.121 e. The fourth-order valence-corrected chi connectivity index (χ4v) is 2.06. The van der Waals surface area contributed by atoms with Crippen LogP contribution in [0.15, 0.2) is 54.6 Å². The third-order valence-corrected chi connectivity index (χ3v) is 3.21. The Labute approximate surface area is 121 Å². The lowest BCUT2D eigenvalue weighted by Crippen LogP contribution is -2.18. The number of nitrogens with two attached hydrogens (primary N) is 1. The Kier molecular flexibility index (Phi) is 5.30. The van der Waals surface area contributed by atoms with Crippen molar-refractivity contribution in [2.24, 2.45) is 0 Å². The second kappa shape index (κ2) is 7.43. The molecule has 2 N–H and O–H groups in total. The Hall–Kier alpha value is -2.16. The zero-order valence-corrected chi connectivity index (χ0v) is 12.0. The first-order valence-electron chi connectivity index (χ1n) is 7.00. The van der Waals surface area contributed by atoms with Gasteiger partial charge in [-0.2, -0.15) is 0 Å². The number of nitrogens with zero attached hydrogens (tertiary/aromatic N) is 1. The summed E-state index contributed by atoms with van der Waals surface area (Å²) in [4.78, 5) is 2.26. The van der Waals surface area contributed by atoms with Gasteiger partial charge in [-0.1, -0.05) is 24.3 Å². The van der Waals surface area contributed by atoms with Crippen LogP contribution in [0.1, 0.15) is 12.8 Å². The predicted octanol–water partition coefficient (Wildman–Crippen LogP) is 3.56. The van der Waals surface area contributed by atoms with Crippen LogP contribution >= 0.6 is 0 Å². The van der Waals surface area contributed by atoms with Crippen LogP contribution in [0.4, 0.5) is 11.4 Å². The minimum atomic E-state index is 0.728. The first kappa shape index (κ1) is 14.3. The van der Waals surface area contributed by atoms with E-state index in [-0.39, 0.29) is 0 Å². The van der Waals surface area contributed by atoms with Crippen LogP contribution in [-0.4, -0.2) is 20.2 Å². The van der Waals surface area contributed by atoms with Crippen molar-refractivity contribution >= 4 is 11.4 Å². The first-order valence-corrected chi connectivity index (χ1v) is 7.00. The van der Waals surface area contributed by atoms with Gasteiger partial charge >= 0.3 is 0 Å². The van der Waals surface area contributed by atoms with E-state index in [4.69, 9.17) is 10.5 Å². The minimum Gasteiger partial charge on any atom is -0.494 e. The zero-order valence-electron chi connectivity index (χ0n) is 12.0. The highest BCUT2D eigenvalue weighted by molar-refractivity contribution is 5.45. The smallest absolute Gasteiger partial charge is 0.121 e. The quantitative estimate of drug-likeness (QED) is 0.617. The number of benzene rings is 2. The summed E-state index contributed by atoms with van der Waals surface area (Å²) in [5.41, 5.74) is 7.70. The van der Waals surface area contributed by atoms with Gasteiger partial charge in [-0.15, -0.1) is 0 Å². The molecule has 2 rings (SSSR count). The first-order chi connectivity index (χ1) is 9.75. The molecule has 0 unspecified atom stereocenters. The normalized spacial score (nSPS) is 10.2. The van der Waals surface area contributed by atoms with Gasteiger partial charge < -0.3 is 15.4 Å². The van der Waals surface area contributed by atoms with Gasteiger partial charge in [0.2, 0.25) is 0 Å². The molecule has 0 amide bonds. The molecular weight excluding hydrogens is 248 g/mol. The molecule has 0 heterocycles. The number of hydrogen-bond donors (Lipinski definition) is 1. The SMILES string of the molecule is CN(CCCCOc1cccc(N)c1)c1ccccc1. The molecule has 0 fully saturated rings. The van der Waals surface area contributed by atoms with Gasteiger partial charge in [0, 0.05) is 31.0 Å². The molecule has 3 heteroatoms. The molecule has 3 nitrogen and oxygen atoms in total. The Morgan fingerprint density at radius 2 is 1.80 bits per heavy atom. The number of para-hydroxylation sites is 1. The Bertz CT molecular complexity index is 513. The van der Waals surface area contributed by atoms with Crippen LogP contribution in [0.25, 0.3) is 0 Å². The second-order valence-electron chi connectivity index (χ2n) is 4.89. The topological polar surface area (TPSA) is 38.5 Å². The second-order valence-corrected chi connectivity index (χ2v) is 4.89. The van der Waals surface area contributed by atoms with Crippen molar-refractivity contribution in [1.82, 2.24) is 0 Å². The number of unbranched alkanes of at least 4 members (excludes halogenated alkanes) is 1. The average Bonchev–Trinajstić information content (AvgIpc) is 2.48. The lowest BCUT2D eigenvalue weighted by atomic mass is 10.2. The van der Waals surface area contributed by atoms with Gasteiger partial charge in [-0.05, 0) is 37.1 Å². The standard InChI is InChI=1S/C17H22N2O/c1-19(16-9-3-2-4-10-16)12-5-6-13-20-17-11-7-8-15(18)14-17/h2-4,7-11,14H,5-6,12-13,18H2,1H3. The molecule has 0 spiro atoms. The van der Waals surface area contributed by atoms with Crippen molar-refractivity contribution in [3.63, 3.8) is 0 Å². The lowest BCUT2D eigenvalue weighted by Gasteiger charge is -2.19. The fourth-order valence-electron chi connectivity index (χ4n) is 2.06. The maximum atomic E-state index is 5.71.